The first-order valence-corrected chi connectivity index (χ1v) is 12.6. The fourth-order valence-corrected chi connectivity index (χ4v) is 5.26. The SMILES string of the molecule is CC(Oc1ccc(C(=O)Nc2sc3c(c2C(N)=O)CCCC3)cc1)C(=O)NN=Cc1ccc(Cl)cc1. The van der Waals surface area contributed by atoms with E-state index in [1.54, 1.807) is 55.5 Å². The van der Waals surface area contributed by atoms with Crippen LogP contribution in [0.5, 0.6) is 5.75 Å². The second-order valence-electron chi connectivity index (χ2n) is 8.30. The number of rotatable bonds is 8. The molecule has 1 atom stereocenters. The lowest BCUT2D eigenvalue weighted by atomic mass is 9.95. The molecule has 0 saturated carbocycles. The minimum Gasteiger partial charge on any atom is -0.481 e. The van der Waals surface area contributed by atoms with Crippen molar-refractivity contribution >= 4 is 51.9 Å². The molecule has 186 valence electrons. The summed E-state index contributed by atoms with van der Waals surface area (Å²) in [6.45, 7) is 1.59. The van der Waals surface area contributed by atoms with Crippen LogP contribution in [0.3, 0.4) is 0 Å². The van der Waals surface area contributed by atoms with Crippen LogP contribution in [0.2, 0.25) is 5.02 Å². The number of primary amides is 1. The van der Waals surface area contributed by atoms with Crippen molar-refractivity contribution in [1.29, 1.82) is 0 Å². The molecule has 0 saturated heterocycles. The molecule has 4 rings (SSSR count). The number of hydrogen-bond acceptors (Lipinski definition) is 6. The van der Waals surface area contributed by atoms with Crippen LogP contribution < -0.4 is 21.2 Å². The molecule has 0 aliphatic heterocycles. The summed E-state index contributed by atoms with van der Waals surface area (Å²) >= 11 is 7.26. The van der Waals surface area contributed by atoms with E-state index >= 15 is 0 Å². The highest BCUT2D eigenvalue weighted by Gasteiger charge is 2.25. The Bertz CT molecular complexity index is 1300. The Balaban J connectivity index is 1.34. The number of carbonyl (C=O) groups is 3. The van der Waals surface area contributed by atoms with Crippen molar-refractivity contribution < 1.29 is 19.1 Å². The quantitative estimate of drug-likeness (QED) is 0.295. The van der Waals surface area contributed by atoms with Gasteiger partial charge in [0, 0.05) is 15.5 Å². The number of ether oxygens (including phenoxy) is 1. The number of carbonyl (C=O) groups excluding carboxylic acids is 3. The van der Waals surface area contributed by atoms with Gasteiger partial charge < -0.3 is 15.8 Å². The first-order chi connectivity index (χ1) is 17.3. The molecule has 0 spiro atoms. The van der Waals surface area contributed by atoms with Gasteiger partial charge in [-0.3, -0.25) is 14.4 Å². The zero-order valence-corrected chi connectivity index (χ0v) is 21.1. The van der Waals surface area contributed by atoms with Crippen LogP contribution in [0.1, 0.15) is 56.5 Å². The number of aryl methyl sites for hydroxylation is 1. The molecular weight excluding hydrogens is 500 g/mol. The third-order valence-electron chi connectivity index (χ3n) is 5.70. The van der Waals surface area contributed by atoms with E-state index in [1.165, 1.54) is 17.6 Å². The second kappa shape index (κ2) is 11.4. The summed E-state index contributed by atoms with van der Waals surface area (Å²) in [6, 6.07) is 13.4. The van der Waals surface area contributed by atoms with Crippen LogP contribution in [0.15, 0.2) is 53.6 Å². The number of fused-ring (bicyclic) bond motifs is 1. The van der Waals surface area contributed by atoms with Gasteiger partial charge in [0.1, 0.15) is 10.8 Å². The predicted octanol–water partition coefficient (Wildman–Crippen LogP) is 4.55. The Morgan fingerprint density at radius 3 is 2.47 bits per heavy atom. The molecule has 0 fully saturated rings. The van der Waals surface area contributed by atoms with Crippen molar-refractivity contribution in [3.63, 3.8) is 0 Å². The van der Waals surface area contributed by atoms with Crippen molar-refractivity contribution in [2.45, 2.75) is 38.7 Å². The topological polar surface area (TPSA) is 123 Å². The summed E-state index contributed by atoms with van der Waals surface area (Å²) in [6.07, 6.45) is 4.44. The Morgan fingerprint density at radius 1 is 1.08 bits per heavy atom. The van der Waals surface area contributed by atoms with E-state index in [2.05, 4.69) is 15.8 Å². The largest absolute Gasteiger partial charge is 0.481 e. The number of thiophene rings is 1. The van der Waals surface area contributed by atoms with E-state index in [1.807, 2.05) is 0 Å². The van der Waals surface area contributed by atoms with E-state index in [0.717, 1.165) is 41.7 Å². The zero-order valence-electron chi connectivity index (χ0n) is 19.5. The van der Waals surface area contributed by atoms with Gasteiger partial charge in [0.2, 0.25) is 0 Å². The average molecular weight is 525 g/mol. The molecule has 1 heterocycles. The maximum atomic E-state index is 12.8. The first-order valence-electron chi connectivity index (χ1n) is 11.4. The standard InChI is InChI=1S/C26H25ClN4O4S/c1-15(24(33)31-29-14-16-6-10-18(27)11-7-16)35-19-12-8-17(9-13-19)25(34)30-26-22(23(28)32)20-4-2-3-5-21(20)36-26/h6-15H,2-5H2,1H3,(H2,28,32)(H,30,34)(H,31,33). The van der Waals surface area contributed by atoms with Gasteiger partial charge in [0.05, 0.1) is 11.8 Å². The highest BCUT2D eigenvalue weighted by Crippen LogP contribution is 2.38. The van der Waals surface area contributed by atoms with Gasteiger partial charge in [-0.05, 0) is 80.1 Å². The first kappa shape index (κ1) is 25.4. The number of nitrogens with zero attached hydrogens (tertiary/aromatic N) is 1. The molecule has 4 N–H and O–H groups in total. The molecule has 1 unspecified atom stereocenters. The van der Waals surface area contributed by atoms with Gasteiger partial charge in [-0.2, -0.15) is 5.10 Å². The minimum atomic E-state index is -0.817. The zero-order chi connectivity index (χ0) is 25.7. The van der Waals surface area contributed by atoms with Crippen molar-refractivity contribution in [3.05, 3.63) is 80.7 Å². The third kappa shape index (κ3) is 6.10. The number of halogens is 1. The lowest BCUT2D eigenvalue weighted by molar-refractivity contribution is -0.127. The number of anilines is 1. The van der Waals surface area contributed by atoms with Gasteiger partial charge in [-0.1, -0.05) is 23.7 Å². The van der Waals surface area contributed by atoms with Gasteiger partial charge in [0.25, 0.3) is 17.7 Å². The summed E-state index contributed by atoms with van der Waals surface area (Å²) in [5.41, 5.74) is 10.6. The monoisotopic (exact) mass is 524 g/mol. The maximum Gasteiger partial charge on any atom is 0.280 e. The van der Waals surface area contributed by atoms with Crippen molar-refractivity contribution in [1.82, 2.24) is 5.43 Å². The van der Waals surface area contributed by atoms with Gasteiger partial charge in [0.15, 0.2) is 6.10 Å². The molecule has 1 aliphatic carbocycles. The molecule has 3 aromatic rings. The molecule has 2 aromatic carbocycles. The van der Waals surface area contributed by atoms with Crippen LogP contribution in [-0.2, 0) is 17.6 Å². The molecular formula is C26H25ClN4O4S. The molecule has 1 aromatic heterocycles. The van der Waals surface area contributed by atoms with E-state index in [0.29, 0.717) is 26.9 Å². The minimum absolute atomic E-state index is 0.357. The predicted molar refractivity (Wildman–Crippen MR) is 141 cm³/mol. The summed E-state index contributed by atoms with van der Waals surface area (Å²) in [7, 11) is 0. The van der Waals surface area contributed by atoms with Gasteiger partial charge in [-0.15, -0.1) is 11.3 Å². The molecule has 1 aliphatic rings. The summed E-state index contributed by atoms with van der Waals surface area (Å²) < 4.78 is 5.66. The molecule has 36 heavy (non-hydrogen) atoms. The van der Waals surface area contributed by atoms with Crippen molar-refractivity contribution in [2.24, 2.45) is 10.8 Å². The normalized spacial score (nSPS) is 13.6. The molecule has 0 radical (unpaired) electrons. The number of hydrogen-bond donors (Lipinski definition) is 3. The maximum absolute atomic E-state index is 12.8. The lowest BCUT2D eigenvalue weighted by Crippen LogP contribution is -2.33. The smallest absolute Gasteiger partial charge is 0.280 e. The molecule has 10 heteroatoms. The van der Waals surface area contributed by atoms with Crippen LogP contribution >= 0.6 is 22.9 Å². The van der Waals surface area contributed by atoms with Gasteiger partial charge >= 0.3 is 0 Å². The highest BCUT2D eigenvalue weighted by molar-refractivity contribution is 7.17. The Morgan fingerprint density at radius 2 is 1.78 bits per heavy atom. The van der Waals surface area contributed by atoms with Crippen molar-refractivity contribution in [2.75, 3.05) is 5.32 Å². The Hall–Kier alpha value is -3.69. The van der Waals surface area contributed by atoms with E-state index in [4.69, 9.17) is 22.1 Å². The van der Waals surface area contributed by atoms with E-state index < -0.39 is 17.9 Å². The Kier molecular flexibility index (Phi) is 8.02. The number of benzene rings is 2. The lowest BCUT2D eigenvalue weighted by Gasteiger charge is -2.13. The number of hydrazone groups is 1. The van der Waals surface area contributed by atoms with Crippen molar-refractivity contribution in [3.8, 4) is 5.75 Å². The summed E-state index contributed by atoms with van der Waals surface area (Å²) in [4.78, 5) is 38.2. The Labute approximate surface area is 217 Å². The molecule has 0 bridgehead atoms. The third-order valence-corrected chi connectivity index (χ3v) is 7.16. The van der Waals surface area contributed by atoms with E-state index in [-0.39, 0.29) is 5.91 Å². The summed E-state index contributed by atoms with van der Waals surface area (Å²) in [5, 5.41) is 7.86. The second-order valence-corrected chi connectivity index (χ2v) is 9.85. The summed E-state index contributed by atoms with van der Waals surface area (Å²) in [5.74, 6) is -0.897. The molecule has 8 nitrogen and oxygen atoms in total. The van der Waals surface area contributed by atoms with Crippen LogP contribution in [0.25, 0.3) is 0 Å². The van der Waals surface area contributed by atoms with Gasteiger partial charge in [-0.25, -0.2) is 5.43 Å². The fraction of sp³-hybridized carbons (Fsp3) is 0.231. The van der Waals surface area contributed by atoms with Crippen LogP contribution in [0.4, 0.5) is 5.00 Å². The van der Waals surface area contributed by atoms with Crippen LogP contribution in [-0.4, -0.2) is 30.0 Å². The van der Waals surface area contributed by atoms with Crippen LogP contribution in [0, 0.1) is 0 Å². The number of nitrogens with one attached hydrogen (secondary N) is 2. The van der Waals surface area contributed by atoms with E-state index in [9.17, 15) is 14.4 Å². The number of nitrogens with two attached hydrogens (primary N) is 1. The highest BCUT2D eigenvalue weighted by atomic mass is 35.5. The average Bonchev–Trinajstić information content (AvgIpc) is 3.23. The fourth-order valence-electron chi connectivity index (χ4n) is 3.84. The molecule has 3 amide bonds. The number of amides is 3.